The second-order valence-electron chi connectivity index (χ2n) is 5.63. The standard InChI is InChI=1S/C19H18N4O2/c1-3-24-16-10-6-7-13-11-17(25-18(13)16)12(2)22-23-19-20-14-8-4-5-9-15(14)21-19/h4-11H,3H2,1-2H3,(H2,20,21,23)/b22-12-. The molecule has 0 saturated carbocycles. The lowest BCUT2D eigenvalue weighted by molar-refractivity contribution is 0.338. The van der Waals surface area contributed by atoms with E-state index in [-0.39, 0.29) is 0 Å². The molecule has 0 fully saturated rings. The maximum atomic E-state index is 5.93. The van der Waals surface area contributed by atoms with Crippen LogP contribution < -0.4 is 10.2 Å². The SMILES string of the molecule is CCOc1cccc2cc(/C(C)=N\Nc3nc4ccccc4[nH]3)oc12. The van der Waals surface area contributed by atoms with Crippen LogP contribution in [0.1, 0.15) is 19.6 Å². The molecule has 0 spiro atoms. The molecular formula is C19H18N4O2. The van der Waals surface area contributed by atoms with E-state index in [0.717, 1.165) is 33.5 Å². The van der Waals surface area contributed by atoms with Crippen molar-refractivity contribution in [2.45, 2.75) is 13.8 Å². The molecule has 4 rings (SSSR count). The van der Waals surface area contributed by atoms with Crippen molar-refractivity contribution >= 4 is 33.7 Å². The van der Waals surface area contributed by atoms with Gasteiger partial charge in [-0.2, -0.15) is 5.10 Å². The van der Waals surface area contributed by atoms with Crippen LogP contribution in [0.5, 0.6) is 5.75 Å². The van der Waals surface area contributed by atoms with E-state index in [4.69, 9.17) is 9.15 Å². The van der Waals surface area contributed by atoms with E-state index in [1.165, 1.54) is 0 Å². The van der Waals surface area contributed by atoms with Gasteiger partial charge in [-0.05, 0) is 38.1 Å². The number of nitrogens with one attached hydrogen (secondary N) is 2. The first-order valence-electron chi connectivity index (χ1n) is 8.15. The summed E-state index contributed by atoms with van der Waals surface area (Å²) in [7, 11) is 0. The van der Waals surface area contributed by atoms with Crippen molar-refractivity contribution in [3.05, 3.63) is 54.3 Å². The van der Waals surface area contributed by atoms with Crippen LogP contribution in [-0.4, -0.2) is 22.3 Å². The number of nitrogens with zero attached hydrogens (tertiary/aromatic N) is 2. The Labute approximate surface area is 144 Å². The summed E-state index contributed by atoms with van der Waals surface area (Å²) in [6, 6.07) is 15.6. The molecule has 25 heavy (non-hydrogen) atoms. The number of H-pyrrole nitrogens is 1. The monoisotopic (exact) mass is 334 g/mol. The Kier molecular flexibility index (Phi) is 3.85. The van der Waals surface area contributed by atoms with Gasteiger partial charge in [-0.1, -0.05) is 24.3 Å². The number of hydrazone groups is 1. The predicted octanol–water partition coefficient (Wildman–Crippen LogP) is 4.54. The van der Waals surface area contributed by atoms with Crippen LogP contribution in [0.25, 0.3) is 22.0 Å². The summed E-state index contributed by atoms with van der Waals surface area (Å²) < 4.78 is 11.5. The molecule has 0 atom stereocenters. The van der Waals surface area contributed by atoms with Crippen LogP contribution in [0.2, 0.25) is 0 Å². The van der Waals surface area contributed by atoms with Crippen molar-refractivity contribution in [1.29, 1.82) is 0 Å². The summed E-state index contributed by atoms with van der Waals surface area (Å²) in [5.74, 6) is 2.02. The van der Waals surface area contributed by atoms with E-state index >= 15 is 0 Å². The Balaban J connectivity index is 1.61. The zero-order valence-electron chi connectivity index (χ0n) is 14.0. The fourth-order valence-corrected chi connectivity index (χ4v) is 2.68. The third-order valence-corrected chi connectivity index (χ3v) is 3.88. The predicted molar refractivity (Wildman–Crippen MR) is 99.3 cm³/mol. The minimum atomic E-state index is 0.590. The van der Waals surface area contributed by atoms with Crippen molar-refractivity contribution in [3.63, 3.8) is 0 Å². The van der Waals surface area contributed by atoms with Crippen LogP contribution in [-0.2, 0) is 0 Å². The Morgan fingerprint density at radius 2 is 2.12 bits per heavy atom. The van der Waals surface area contributed by atoms with Gasteiger partial charge >= 0.3 is 0 Å². The smallest absolute Gasteiger partial charge is 0.222 e. The number of fused-ring (bicyclic) bond motifs is 2. The van der Waals surface area contributed by atoms with Gasteiger partial charge in [0, 0.05) is 5.39 Å². The fraction of sp³-hybridized carbons (Fsp3) is 0.158. The highest BCUT2D eigenvalue weighted by Gasteiger charge is 2.11. The molecular weight excluding hydrogens is 316 g/mol. The number of imidazole rings is 1. The van der Waals surface area contributed by atoms with Crippen LogP contribution in [0.4, 0.5) is 5.95 Å². The highest BCUT2D eigenvalue weighted by Crippen LogP contribution is 2.29. The summed E-state index contributed by atoms with van der Waals surface area (Å²) in [5.41, 5.74) is 6.25. The second-order valence-corrected chi connectivity index (χ2v) is 5.63. The first-order valence-corrected chi connectivity index (χ1v) is 8.15. The number of hydrogen-bond donors (Lipinski definition) is 2. The Morgan fingerprint density at radius 1 is 1.24 bits per heavy atom. The lowest BCUT2D eigenvalue weighted by Crippen LogP contribution is -1.99. The molecule has 2 heterocycles. The van der Waals surface area contributed by atoms with Crippen LogP contribution in [0, 0.1) is 0 Å². The quantitative estimate of drug-likeness (QED) is 0.415. The van der Waals surface area contributed by atoms with Gasteiger partial charge in [0.25, 0.3) is 0 Å². The van der Waals surface area contributed by atoms with Gasteiger partial charge in [0.1, 0.15) is 5.71 Å². The zero-order chi connectivity index (χ0) is 17.2. The molecule has 0 unspecified atom stereocenters. The normalized spacial score (nSPS) is 12.0. The highest BCUT2D eigenvalue weighted by atomic mass is 16.5. The molecule has 6 nitrogen and oxygen atoms in total. The number of ether oxygens (including phenoxy) is 1. The second kappa shape index (κ2) is 6.32. The summed E-state index contributed by atoms with van der Waals surface area (Å²) in [5, 5.41) is 5.35. The van der Waals surface area contributed by atoms with Gasteiger partial charge in [0.2, 0.25) is 5.95 Å². The molecule has 2 aromatic carbocycles. The maximum absolute atomic E-state index is 5.93. The van der Waals surface area contributed by atoms with Gasteiger partial charge in [0.05, 0.1) is 17.6 Å². The van der Waals surface area contributed by atoms with Crippen molar-refractivity contribution in [2.75, 3.05) is 12.0 Å². The first-order chi connectivity index (χ1) is 12.2. The lowest BCUT2D eigenvalue weighted by Gasteiger charge is -2.02. The Hall–Kier alpha value is -3.28. The summed E-state index contributed by atoms with van der Waals surface area (Å²) in [4.78, 5) is 7.61. The molecule has 0 aliphatic rings. The van der Waals surface area contributed by atoms with Gasteiger partial charge in [0.15, 0.2) is 17.1 Å². The highest BCUT2D eigenvalue weighted by molar-refractivity contribution is 6.00. The van der Waals surface area contributed by atoms with Crippen LogP contribution in [0.15, 0.2) is 58.0 Å². The molecule has 0 saturated heterocycles. The minimum absolute atomic E-state index is 0.590. The van der Waals surface area contributed by atoms with E-state index in [1.54, 1.807) is 0 Å². The van der Waals surface area contributed by atoms with Crippen LogP contribution >= 0.6 is 0 Å². The van der Waals surface area contributed by atoms with Gasteiger partial charge < -0.3 is 14.1 Å². The molecule has 126 valence electrons. The average Bonchev–Trinajstić information content (AvgIpc) is 3.24. The first kappa shape index (κ1) is 15.3. The van der Waals surface area contributed by atoms with Crippen molar-refractivity contribution in [1.82, 2.24) is 9.97 Å². The molecule has 2 N–H and O–H groups in total. The van der Waals surface area contributed by atoms with E-state index in [2.05, 4.69) is 20.5 Å². The number of anilines is 1. The van der Waals surface area contributed by atoms with Gasteiger partial charge in [-0.15, -0.1) is 0 Å². The van der Waals surface area contributed by atoms with Crippen molar-refractivity contribution in [3.8, 4) is 5.75 Å². The molecule has 0 amide bonds. The van der Waals surface area contributed by atoms with Crippen molar-refractivity contribution in [2.24, 2.45) is 5.10 Å². The number of benzene rings is 2. The van der Waals surface area contributed by atoms with Gasteiger partial charge in [-0.3, -0.25) is 0 Å². The molecule has 2 aromatic heterocycles. The summed E-state index contributed by atoms with van der Waals surface area (Å²) >= 11 is 0. The van der Waals surface area contributed by atoms with Gasteiger partial charge in [-0.25, -0.2) is 10.4 Å². The maximum Gasteiger partial charge on any atom is 0.222 e. The third-order valence-electron chi connectivity index (χ3n) is 3.88. The Bertz CT molecular complexity index is 1030. The van der Waals surface area contributed by atoms with E-state index in [1.807, 2.05) is 62.4 Å². The number of para-hydroxylation sites is 3. The molecule has 0 aliphatic carbocycles. The zero-order valence-corrected chi connectivity index (χ0v) is 14.0. The average molecular weight is 334 g/mol. The Morgan fingerprint density at radius 3 is 2.96 bits per heavy atom. The molecule has 0 radical (unpaired) electrons. The van der Waals surface area contributed by atoms with E-state index < -0.39 is 0 Å². The number of rotatable bonds is 5. The molecule has 4 aromatic rings. The van der Waals surface area contributed by atoms with E-state index in [0.29, 0.717) is 18.3 Å². The fourth-order valence-electron chi connectivity index (χ4n) is 2.68. The largest absolute Gasteiger partial charge is 0.490 e. The number of aromatic nitrogens is 2. The molecule has 0 bridgehead atoms. The topological polar surface area (TPSA) is 75.4 Å². The number of aromatic amines is 1. The van der Waals surface area contributed by atoms with E-state index in [9.17, 15) is 0 Å². The molecule has 6 heteroatoms. The summed E-state index contributed by atoms with van der Waals surface area (Å²) in [6.07, 6.45) is 0. The lowest BCUT2D eigenvalue weighted by atomic mass is 10.2. The molecule has 0 aliphatic heterocycles. The van der Waals surface area contributed by atoms with Crippen LogP contribution in [0.3, 0.4) is 0 Å². The summed E-state index contributed by atoms with van der Waals surface area (Å²) in [6.45, 7) is 4.43. The van der Waals surface area contributed by atoms with Crippen molar-refractivity contribution < 1.29 is 9.15 Å². The minimum Gasteiger partial charge on any atom is -0.490 e. The third kappa shape index (κ3) is 2.94. The number of hydrogen-bond acceptors (Lipinski definition) is 5. The number of furan rings is 1.